The van der Waals surface area contributed by atoms with Gasteiger partial charge in [0.25, 0.3) is 5.91 Å². The van der Waals surface area contributed by atoms with Gasteiger partial charge in [0, 0.05) is 7.05 Å². The van der Waals surface area contributed by atoms with Crippen molar-refractivity contribution in [2.45, 2.75) is 50.7 Å². The summed E-state index contributed by atoms with van der Waals surface area (Å²) in [7, 11) is -2.03. The molecule has 1 amide bonds. The Labute approximate surface area is 165 Å². The van der Waals surface area contributed by atoms with E-state index >= 15 is 0 Å². The second-order valence-electron chi connectivity index (χ2n) is 7.07. The van der Waals surface area contributed by atoms with Gasteiger partial charge in [-0.3, -0.25) is 9.52 Å². The molecule has 28 heavy (non-hydrogen) atoms. The molecule has 8 nitrogen and oxygen atoms in total. The van der Waals surface area contributed by atoms with Gasteiger partial charge in [-0.1, -0.05) is 31.4 Å². The number of esters is 1. The minimum absolute atomic E-state index is 0.00268. The maximum absolute atomic E-state index is 12.8. The number of carbonyl (C=O) groups excluding carboxylic acids is 2. The van der Waals surface area contributed by atoms with Gasteiger partial charge in [0.1, 0.15) is 5.54 Å². The highest BCUT2D eigenvalue weighted by Crippen LogP contribution is 2.33. The number of rotatable bonds is 6. The van der Waals surface area contributed by atoms with Crippen LogP contribution < -0.4 is 4.72 Å². The molecule has 1 aromatic carbocycles. The van der Waals surface area contributed by atoms with Gasteiger partial charge in [-0.05, 0) is 31.9 Å². The number of hydrogen-bond acceptors (Lipinski definition) is 6. The molecule has 1 aliphatic carbocycles. The van der Waals surface area contributed by atoms with Gasteiger partial charge in [-0.15, -0.1) is 0 Å². The molecule has 0 aromatic heterocycles. The van der Waals surface area contributed by atoms with Crippen molar-refractivity contribution < 1.29 is 22.7 Å². The first kappa shape index (κ1) is 21.7. The average Bonchev–Trinajstić information content (AvgIpc) is 2.66. The second-order valence-corrected chi connectivity index (χ2v) is 8.82. The van der Waals surface area contributed by atoms with Crippen LogP contribution in [-0.4, -0.2) is 50.1 Å². The summed E-state index contributed by atoms with van der Waals surface area (Å²) in [4.78, 5) is 26.7. The summed E-state index contributed by atoms with van der Waals surface area (Å²) in [6.45, 7) is 1.44. The van der Waals surface area contributed by atoms with Crippen LogP contribution in [0.1, 0.15) is 49.4 Å². The molecule has 1 atom stereocenters. The lowest BCUT2D eigenvalue weighted by Gasteiger charge is -2.39. The number of hydrogen-bond donors (Lipinski definition) is 1. The molecule has 0 saturated heterocycles. The molecule has 0 heterocycles. The van der Waals surface area contributed by atoms with Crippen molar-refractivity contribution in [1.82, 2.24) is 4.90 Å². The summed E-state index contributed by atoms with van der Waals surface area (Å²) in [5, 5.41) is 9.63. The van der Waals surface area contributed by atoms with E-state index in [1.165, 1.54) is 24.0 Å². The quantitative estimate of drug-likeness (QED) is 0.723. The Morgan fingerprint density at radius 2 is 1.86 bits per heavy atom. The fourth-order valence-corrected chi connectivity index (χ4v) is 3.94. The van der Waals surface area contributed by atoms with E-state index in [1.54, 1.807) is 19.2 Å². The van der Waals surface area contributed by atoms with Crippen LogP contribution in [0.5, 0.6) is 0 Å². The number of likely N-dealkylation sites (N-methyl/N-ethyl adjacent to an activating group) is 1. The molecule has 2 rings (SSSR count). The summed E-state index contributed by atoms with van der Waals surface area (Å²) in [6, 6.07) is 8.25. The molecule has 0 aliphatic heterocycles. The van der Waals surface area contributed by atoms with Crippen LogP contribution in [0, 0.1) is 11.3 Å². The maximum Gasteiger partial charge on any atom is 0.341 e. The zero-order valence-corrected chi connectivity index (χ0v) is 17.1. The molecule has 0 spiro atoms. The zero-order chi connectivity index (χ0) is 20.9. The van der Waals surface area contributed by atoms with E-state index in [1.807, 2.05) is 0 Å². The lowest BCUT2D eigenvalue weighted by Crippen LogP contribution is -2.53. The van der Waals surface area contributed by atoms with E-state index in [4.69, 9.17) is 4.74 Å². The van der Waals surface area contributed by atoms with Crippen LogP contribution in [0.4, 0.5) is 5.69 Å². The van der Waals surface area contributed by atoms with E-state index in [2.05, 4.69) is 10.8 Å². The Balaban J connectivity index is 2.14. The minimum Gasteiger partial charge on any atom is -0.449 e. The van der Waals surface area contributed by atoms with Crippen LogP contribution in [0.15, 0.2) is 24.3 Å². The normalized spacial score (nSPS) is 17.1. The summed E-state index contributed by atoms with van der Waals surface area (Å²) < 4.78 is 30.5. The van der Waals surface area contributed by atoms with Crippen LogP contribution >= 0.6 is 0 Å². The minimum atomic E-state index is -3.59. The largest absolute Gasteiger partial charge is 0.449 e. The number of ether oxygens (including phenoxy) is 1. The predicted molar refractivity (Wildman–Crippen MR) is 104 cm³/mol. The monoisotopic (exact) mass is 407 g/mol. The summed E-state index contributed by atoms with van der Waals surface area (Å²) in [6.07, 6.45) is 3.80. The lowest BCUT2D eigenvalue weighted by molar-refractivity contribution is -0.143. The van der Waals surface area contributed by atoms with Crippen molar-refractivity contribution in [1.29, 1.82) is 5.26 Å². The summed E-state index contributed by atoms with van der Waals surface area (Å²) >= 11 is 0. The first-order valence-electron chi connectivity index (χ1n) is 9.06. The highest BCUT2D eigenvalue weighted by atomic mass is 32.2. The van der Waals surface area contributed by atoms with Crippen LogP contribution in [0.25, 0.3) is 0 Å². The molecule has 1 fully saturated rings. The van der Waals surface area contributed by atoms with Crippen molar-refractivity contribution in [3.05, 3.63) is 29.8 Å². The Morgan fingerprint density at radius 1 is 1.25 bits per heavy atom. The van der Waals surface area contributed by atoms with Gasteiger partial charge in [0.15, 0.2) is 6.10 Å². The van der Waals surface area contributed by atoms with Crippen molar-refractivity contribution in [2.24, 2.45) is 0 Å². The number of anilines is 1. The standard InChI is InChI=1S/C19H25N3O5S/c1-14(17(23)22(2)19(13-20)11-7-4-8-12-19)27-18(24)15-9-5-6-10-16(15)21-28(3,25)26/h5-6,9-10,14,21H,4,7-8,11-12H2,1-3H3/t14-/m0/s1. The highest BCUT2D eigenvalue weighted by molar-refractivity contribution is 7.92. The van der Waals surface area contributed by atoms with Crippen molar-refractivity contribution in [3.63, 3.8) is 0 Å². The molecule has 0 radical (unpaired) electrons. The number of nitrogens with one attached hydrogen (secondary N) is 1. The SMILES string of the molecule is C[C@H](OC(=O)c1ccccc1NS(C)(=O)=O)C(=O)N(C)C1(C#N)CCCCC1. The predicted octanol–water partition coefficient (Wildman–Crippen LogP) is 2.29. The van der Waals surface area contributed by atoms with Crippen molar-refractivity contribution >= 4 is 27.6 Å². The van der Waals surface area contributed by atoms with Crippen molar-refractivity contribution in [2.75, 3.05) is 18.0 Å². The third-order valence-electron chi connectivity index (χ3n) is 4.94. The number of benzene rings is 1. The third kappa shape index (κ3) is 5.01. The van der Waals surface area contributed by atoms with Crippen LogP contribution in [0.3, 0.4) is 0 Å². The molecule has 1 N–H and O–H groups in total. The maximum atomic E-state index is 12.8. The second kappa shape index (κ2) is 8.61. The molecule has 152 valence electrons. The average molecular weight is 407 g/mol. The number of amides is 1. The summed E-state index contributed by atoms with van der Waals surface area (Å²) in [5.41, 5.74) is -0.808. The fraction of sp³-hybridized carbons (Fsp3) is 0.526. The van der Waals surface area contributed by atoms with Crippen molar-refractivity contribution in [3.8, 4) is 6.07 Å². The van der Waals surface area contributed by atoms with Gasteiger partial charge in [-0.25, -0.2) is 13.2 Å². The van der Waals surface area contributed by atoms with Crippen LogP contribution in [-0.2, 0) is 19.6 Å². The van der Waals surface area contributed by atoms with E-state index < -0.39 is 33.5 Å². The molecule has 1 saturated carbocycles. The number of nitriles is 1. The topological polar surface area (TPSA) is 117 Å². The summed E-state index contributed by atoms with van der Waals surface area (Å²) in [5.74, 6) is -1.29. The van der Waals surface area contributed by atoms with Gasteiger partial charge in [0.2, 0.25) is 10.0 Å². The van der Waals surface area contributed by atoms with E-state index in [0.29, 0.717) is 12.8 Å². The number of carbonyl (C=O) groups is 2. The van der Waals surface area contributed by atoms with Crippen LogP contribution in [0.2, 0.25) is 0 Å². The van der Waals surface area contributed by atoms with E-state index in [9.17, 15) is 23.3 Å². The number of nitrogens with zero attached hydrogens (tertiary/aromatic N) is 2. The van der Waals surface area contributed by atoms with Gasteiger partial charge >= 0.3 is 5.97 Å². The van der Waals surface area contributed by atoms with E-state index in [-0.39, 0.29) is 11.3 Å². The molecular weight excluding hydrogens is 382 g/mol. The fourth-order valence-electron chi connectivity index (χ4n) is 3.37. The Morgan fingerprint density at radius 3 is 2.43 bits per heavy atom. The van der Waals surface area contributed by atoms with E-state index in [0.717, 1.165) is 25.5 Å². The molecular formula is C19H25N3O5S. The lowest BCUT2D eigenvalue weighted by atomic mass is 9.81. The Bertz CT molecular complexity index is 885. The highest BCUT2D eigenvalue weighted by Gasteiger charge is 2.40. The first-order valence-corrected chi connectivity index (χ1v) is 11.0. The molecule has 1 aliphatic rings. The molecule has 0 bridgehead atoms. The Hall–Kier alpha value is -2.60. The Kier molecular flexibility index (Phi) is 6.67. The zero-order valence-electron chi connectivity index (χ0n) is 16.3. The molecule has 9 heteroatoms. The van der Waals surface area contributed by atoms with Gasteiger partial charge in [0.05, 0.1) is 23.6 Å². The molecule has 0 unspecified atom stereocenters. The third-order valence-corrected chi connectivity index (χ3v) is 5.53. The first-order chi connectivity index (χ1) is 13.1. The molecule has 1 aromatic rings. The van der Waals surface area contributed by atoms with Gasteiger partial charge < -0.3 is 9.64 Å². The smallest absolute Gasteiger partial charge is 0.341 e. The number of sulfonamides is 1. The van der Waals surface area contributed by atoms with Gasteiger partial charge in [-0.2, -0.15) is 5.26 Å². The number of para-hydroxylation sites is 1.